The maximum Gasteiger partial charge on any atom is 0.416 e. The maximum absolute atomic E-state index is 12.7. The quantitative estimate of drug-likeness (QED) is 0.833. The molecule has 0 aromatic heterocycles. The smallest absolute Gasteiger partial charge is 0.329 e. The molecule has 4 nitrogen and oxygen atoms in total. The number of hydrogen-bond donors (Lipinski definition) is 1. The zero-order valence-corrected chi connectivity index (χ0v) is 14.6. The van der Waals surface area contributed by atoms with E-state index in [4.69, 9.17) is 11.6 Å². The molecule has 0 aliphatic heterocycles. The van der Waals surface area contributed by atoms with Gasteiger partial charge in [-0.15, -0.1) is 0 Å². The van der Waals surface area contributed by atoms with E-state index in [1.165, 1.54) is 24.0 Å². The number of rotatable bonds is 5. The molecule has 0 bridgehead atoms. The summed E-state index contributed by atoms with van der Waals surface area (Å²) in [6.07, 6.45) is -4.50. The van der Waals surface area contributed by atoms with E-state index in [2.05, 4.69) is 5.32 Å². The van der Waals surface area contributed by atoms with Gasteiger partial charge in [-0.05, 0) is 35.9 Å². The van der Waals surface area contributed by atoms with E-state index in [1.54, 1.807) is 24.3 Å². The summed E-state index contributed by atoms with van der Waals surface area (Å²) in [7, 11) is 0. The van der Waals surface area contributed by atoms with Crippen molar-refractivity contribution < 1.29 is 22.8 Å². The maximum atomic E-state index is 12.7. The van der Waals surface area contributed by atoms with Crippen LogP contribution < -0.4 is 5.32 Å². The number of halogens is 4. The van der Waals surface area contributed by atoms with Crippen molar-refractivity contribution in [1.82, 2.24) is 4.90 Å². The zero-order chi connectivity index (χ0) is 19.3. The van der Waals surface area contributed by atoms with Gasteiger partial charge in [0.15, 0.2) is 0 Å². The van der Waals surface area contributed by atoms with Crippen LogP contribution in [0.25, 0.3) is 0 Å². The van der Waals surface area contributed by atoms with Gasteiger partial charge in [0.1, 0.15) is 6.54 Å². The number of nitrogens with zero attached hydrogens (tertiary/aromatic N) is 1. The molecule has 0 heterocycles. The Morgan fingerprint density at radius 3 is 2.35 bits per heavy atom. The molecule has 0 aliphatic rings. The molecule has 2 rings (SSSR count). The van der Waals surface area contributed by atoms with Crippen molar-refractivity contribution >= 4 is 29.1 Å². The number of hydrogen-bond acceptors (Lipinski definition) is 2. The van der Waals surface area contributed by atoms with Crippen LogP contribution >= 0.6 is 11.6 Å². The standard InChI is InChI=1S/C18H16ClF3N2O2/c1-12(25)24(10-13-5-7-15(19)8-6-13)11-17(26)23-16-4-2-3-14(9-16)18(20,21)22/h2-9H,10-11H2,1H3,(H,23,26). The Hall–Kier alpha value is -2.54. The topological polar surface area (TPSA) is 49.4 Å². The van der Waals surface area contributed by atoms with Crippen LogP contribution in [0.4, 0.5) is 18.9 Å². The van der Waals surface area contributed by atoms with Crippen LogP contribution in [0.2, 0.25) is 5.02 Å². The van der Waals surface area contributed by atoms with Crippen LogP contribution in [0, 0.1) is 0 Å². The summed E-state index contributed by atoms with van der Waals surface area (Å²) in [4.78, 5) is 25.2. The zero-order valence-electron chi connectivity index (χ0n) is 13.8. The van der Waals surface area contributed by atoms with Crippen LogP contribution in [0.5, 0.6) is 0 Å². The third-order valence-corrected chi connectivity index (χ3v) is 3.79. The minimum absolute atomic E-state index is 0.0137. The number of anilines is 1. The number of amides is 2. The third-order valence-electron chi connectivity index (χ3n) is 3.54. The molecule has 2 aromatic rings. The fourth-order valence-electron chi connectivity index (χ4n) is 2.24. The van der Waals surface area contributed by atoms with Gasteiger partial charge in [0.25, 0.3) is 0 Å². The van der Waals surface area contributed by atoms with Crippen LogP contribution in [0.15, 0.2) is 48.5 Å². The summed E-state index contributed by atoms with van der Waals surface area (Å²) in [5.74, 6) is -0.923. The van der Waals surface area contributed by atoms with Gasteiger partial charge in [0, 0.05) is 24.2 Å². The van der Waals surface area contributed by atoms with Gasteiger partial charge < -0.3 is 10.2 Å². The molecular weight excluding hydrogens is 369 g/mol. The normalized spacial score (nSPS) is 11.1. The Morgan fingerprint density at radius 1 is 1.12 bits per heavy atom. The van der Waals surface area contributed by atoms with Gasteiger partial charge >= 0.3 is 6.18 Å². The van der Waals surface area contributed by atoms with E-state index in [0.717, 1.165) is 17.7 Å². The third kappa shape index (κ3) is 5.77. The number of nitrogens with one attached hydrogen (secondary N) is 1. The van der Waals surface area contributed by atoms with Gasteiger partial charge in [-0.2, -0.15) is 13.2 Å². The molecule has 26 heavy (non-hydrogen) atoms. The van der Waals surface area contributed by atoms with Gasteiger partial charge in [0.2, 0.25) is 11.8 Å². The Balaban J connectivity index is 2.04. The summed E-state index contributed by atoms with van der Waals surface area (Å²) < 4.78 is 38.2. The molecule has 0 atom stereocenters. The van der Waals surface area contributed by atoms with Crippen LogP contribution in [0.3, 0.4) is 0 Å². The first-order chi connectivity index (χ1) is 12.1. The molecule has 1 N–H and O–H groups in total. The average Bonchev–Trinajstić information content (AvgIpc) is 2.55. The van der Waals surface area contributed by atoms with Crippen molar-refractivity contribution in [2.45, 2.75) is 19.6 Å². The molecule has 0 saturated carbocycles. The van der Waals surface area contributed by atoms with Crippen molar-refractivity contribution in [3.63, 3.8) is 0 Å². The Labute approximate surface area is 153 Å². The van der Waals surface area contributed by atoms with Crippen LogP contribution in [-0.2, 0) is 22.3 Å². The Kier molecular flexibility index (Phi) is 6.26. The first kappa shape index (κ1) is 19.8. The minimum atomic E-state index is -4.50. The highest BCUT2D eigenvalue weighted by atomic mass is 35.5. The van der Waals surface area contributed by atoms with E-state index in [9.17, 15) is 22.8 Å². The first-order valence-electron chi connectivity index (χ1n) is 7.62. The van der Waals surface area contributed by atoms with E-state index in [0.29, 0.717) is 5.02 Å². The van der Waals surface area contributed by atoms with E-state index in [1.807, 2.05) is 0 Å². The van der Waals surface area contributed by atoms with E-state index < -0.39 is 17.6 Å². The van der Waals surface area contributed by atoms with Gasteiger partial charge in [-0.25, -0.2) is 0 Å². The number of benzene rings is 2. The van der Waals surface area contributed by atoms with Crippen molar-refractivity contribution in [1.29, 1.82) is 0 Å². The number of carbonyl (C=O) groups is 2. The minimum Gasteiger partial charge on any atom is -0.329 e. The molecular formula is C18H16ClF3N2O2. The largest absolute Gasteiger partial charge is 0.416 e. The number of alkyl halides is 3. The van der Waals surface area contributed by atoms with Crippen molar-refractivity contribution in [3.05, 3.63) is 64.7 Å². The molecule has 0 saturated heterocycles. The molecule has 0 aliphatic carbocycles. The van der Waals surface area contributed by atoms with Crippen molar-refractivity contribution in [2.75, 3.05) is 11.9 Å². The highest BCUT2D eigenvalue weighted by Crippen LogP contribution is 2.30. The number of carbonyl (C=O) groups excluding carboxylic acids is 2. The van der Waals surface area contributed by atoms with Crippen molar-refractivity contribution in [3.8, 4) is 0 Å². The van der Waals surface area contributed by atoms with Gasteiger partial charge in [0.05, 0.1) is 5.56 Å². The van der Waals surface area contributed by atoms with Crippen molar-refractivity contribution in [2.24, 2.45) is 0 Å². The molecule has 0 radical (unpaired) electrons. The molecule has 0 unspecified atom stereocenters. The Bertz CT molecular complexity index is 792. The van der Waals surface area contributed by atoms with Crippen LogP contribution in [0.1, 0.15) is 18.1 Å². The van der Waals surface area contributed by atoms with Gasteiger partial charge in [-0.3, -0.25) is 9.59 Å². The first-order valence-corrected chi connectivity index (χ1v) is 8.00. The van der Waals surface area contributed by atoms with E-state index >= 15 is 0 Å². The summed E-state index contributed by atoms with van der Waals surface area (Å²) in [5.41, 5.74) is -0.0730. The summed E-state index contributed by atoms with van der Waals surface area (Å²) in [5, 5.41) is 2.93. The predicted molar refractivity (Wildman–Crippen MR) is 92.6 cm³/mol. The lowest BCUT2D eigenvalue weighted by molar-refractivity contribution is -0.137. The predicted octanol–water partition coefficient (Wildman–Crippen LogP) is 4.35. The second-order valence-electron chi connectivity index (χ2n) is 5.63. The second kappa shape index (κ2) is 8.23. The highest BCUT2D eigenvalue weighted by molar-refractivity contribution is 6.30. The lowest BCUT2D eigenvalue weighted by atomic mass is 10.2. The summed E-state index contributed by atoms with van der Waals surface area (Å²) in [6.45, 7) is 1.21. The monoisotopic (exact) mass is 384 g/mol. The summed E-state index contributed by atoms with van der Waals surface area (Å²) in [6, 6.07) is 11.1. The summed E-state index contributed by atoms with van der Waals surface area (Å²) >= 11 is 5.81. The van der Waals surface area contributed by atoms with Crippen LogP contribution in [-0.4, -0.2) is 23.3 Å². The SMILES string of the molecule is CC(=O)N(CC(=O)Nc1cccc(C(F)(F)F)c1)Cc1ccc(Cl)cc1. The van der Waals surface area contributed by atoms with E-state index in [-0.39, 0.29) is 24.7 Å². The Morgan fingerprint density at radius 2 is 1.77 bits per heavy atom. The lowest BCUT2D eigenvalue weighted by Gasteiger charge is -2.21. The molecule has 0 spiro atoms. The van der Waals surface area contributed by atoms with Gasteiger partial charge in [-0.1, -0.05) is 29.8 Å². The fourth-order valence-corrected chi connectivity index (χ4v) is 2.36. The molecule has 2 aromatic carbocycles. The second-order valence-corrected chi connectivity index (χ2v) is 6.06. The molecule has 138 valence electrons. The average molecular weight is 385 g/mol. The fraction of sp³-hybridized carbons (Fsp3) is 0.222. The molecule has 0 fully saturated rings. The lowest BCUT2D eigenvalue weighted by Crippen LogP contribution is -2.36. The highest BCUT2D eigenvalue weighted by Gasteiger charge is 2.30. The molecule has 2 amide bonds. The molecule has 8 heteroatoms.